The summed E-state index contributed by atoms with van der Waals surface area (Å²) in [5.74, 6) is 3.02. The molecule has 0 bridgehead atoms. The van der Waals surface area contributed by atoms with Gasteiger partial charge in [-0.3, -0.25) is 4.79 Å². The number of nitrogens with zero attached hydrogens (tertiary/aromatic N) is 4. The van der Waals surface area contributed by atoms with Crippen molar-refractivity contribution in [2.45, 2.75) is 13.3 Å². The molecule has 1 aliphatic rings. The van der Waals surface area contributed by atoms with Crippen molar-refractivity contribution in [3.8, 4) is 17.2 Å². The fourth-order valence-electron chi connectivity index (χ4n) is 4.92. The SMILES string of the molecule is COc1ccc(N2CCN(c3ncnc4sc(C(=O)NCCc5ccc(OC)c(OC)c5)c(C)c34)CC2)cc1. The van der Waals surface area contributed by atoms with Crippen molar-refractivity contribution < 1.29 is 19.0 Å². The van der Waals surface area contributed by atoms with Gasteiger partial charge in [-0.2, -0.15) is 0 Å². The summed E-state index contributed by atoms with van der Waals surface area (Å²) in [6.45, 7) is 5.92. The minimum Gasteiger partial charge on any atom is -0.497 e. The Morgan fingerprint density at radius 2 is 1.64 bits per heavy atom. The second-order valence-corrected chi connectivity index (χ2v) is 10.3. The minimum absolute atomic E-state index is 0.0914. The fraction of sp³-hybridized carbons (Fsp3) is 0.345. The van der Waals surface area contributed by atoms with Gasteiger partial charge in [0.1, 0.15) is 22.7 Å². The first kappa shape index (κ1) is 26.6. The Hall–Kier alpha value is -4.05. The van der Waals surface area contributed by atoms with E-state index >= 15 is 0 Å². The standard InChI is InChI=1S/C29H33N5O4S/c1-19-25-27(34-15-13-33(14-16-34)21-6-8-22(36-2)9-7-21)31-18-32-29(25)39-26(19)28(35)30-12-11-20-5-10-23(37-3)24(17-20)38-4/h5-10,17-18H,11-16H2,1-4H3,(H,30,35). The first-order valence-corrected chi connectivity index (χ1v) is 13.7. The van der Waals surface area contributed by atoms with Crippen LogP contribution in [0.3, 0.4) is 0 Å². The van der Waals surface area contributed by atoms with E-state index in [1.54, 1.807) is 27.7 Å². The van der Waals surface area contributed by atoms with Gasteiger partial charge in [0.2, 0.25) is 0 Å². The van der Waals surface area contributed by atoms with E-state index in [0.717, 1.165) is 59.1 Å². The van der Waals surface area contributed by atoms with Crippen molar-refractivity contribution in [3.63, 3.8) is 0 Å². The van der Waals surface area contributed by atoms with Crippen LogP contribution in [-0.4, -0.2) is 69.9 Å². The van der Waals surface area contributed by atoms with Gasteiger partial charge in [-0.25, -0.2) is 9.97 Å². The second-order valence-electron chi connectivity index (χ2n) is 9.30. The normalized spacial score (nSPS) is 13.4. The average molecular weight is 548 g/mol. The number of methoxy groups -OCH3 is 3. The quantitative estimate of drug-likeness (QED) is 0.331. The summed E-state index contributed by atoms with van der Waals surface area (Å²) in [6, 6.07) is 14.0. The number of ether oxygens (including phenoxy) is 3. The van der Waals surface area contributed by atoms with Gasteiger partial charge in [0.25, 0.3) is 5.91 Å². The Bertz CT molecular complexity index is 1450. The molecular formula is C29H33N5O4S. The first-order chi connectivity index (χ1) is 19.0. The summed E-state index contributed by atoms with van der Waals surface area (Å²) in [5.41, 5.74) is 3.16. The number of nitrogens with one attached hydrogen (secondary N) is 1. The number of carbonyl (C=O) groups excluding carboxylic acids is 1. The van der Waals surface area contributed by atoms with Crippen LogP contribution in [0.5, 0.6) is 17.2 Å². The molecule has 0 aliphatic carbocycles. The number of amides is 1. The number of piperazine rings is 1. The zero-order chi connectivity index (χ0) is 27.4. The third-order valence-corrected chi connectivity index (χ3v) is 8.28. The highest BCUT2D eigenvalue weighted by Gasteiger charge is 2.24. The van der Waals surface area contributed by atoms with E-state index in [-0.39, 0.29) is 5.91 Å². The maximum Gasteiger partial charge on any atom is 0.261 e. The third kappa shape index (κ3) is 5.56. The summed E-state index contributed by atoms with van der Waals surface area (Å²) in [5, 5.41) is 4.03. The number of benzene rings is 2. The number of anilines is 2. The maximum atomic E-state index is 13.2. The molecule has 2 aromatic carbocycles. The van der Waals surface area contributed by atoms with E-state index in [4.69, 9.17) is 14.2 Å². The molecule has 2 aromatic heterocycles. The van der Waals surface area contributed by atoms with Crippen molar-refractivity contribution >= 4 is 39.0 Å². The molecule has 1 amide bonds. The van der Waals surface area contributed by atoms with Gasteiger partial charge in [0.05, 0.1) is 31.6 Å². The number of fused-ring (bicyclic) bond motifs is 1. The number of carbonyl (C=O) groups is 1. The van der Waals surface area contributed by atoms with Gasteiger partial charge in [-0.1, -0.05) is 6.07 Å². The number of aromatic nitrogens is 2. The molecule has 5 rings (SSSR count). The van der Waals surface area contributed by atoms with Crippen LogP contribution < -0.4 is 29.3 Å². The van der Waals surface area contributed by atoms with E-state index < -0.39 is 0 Å². The highest BCUT2D eigenvalue weighted by molar-refractivity contribution is 7.20. The number of hydrogen-bond donors (Lipinski definition) is 1. The van der Waals surface area contributed by atoms with Gasteiger partial charge >= 0.3 is 0 Å². The zero-order valence-corrected chi connectivity index (χ0v) is 23.5. The van der Waals surface area contributed by atoms with Crippen molar-refractivity contribution in [1.29, 1.82) is 0 Å². The molecule has 0 spiro atoms. The predicted octanol–water partition coefficient (Wildman–Crippen LogP) is 4.32. The lowest BCUT2D eigenvalue weighted by Gasteiger charge is -2.37. The molecule has 10 heteroatoms. The fourth-order valence-corrected chi connectivity index (χ4v) is 5.98. The van der Waals surface area contributed by atoms with Crippen molar-refractivity contribution in [2.75, 3.05) is 63.9 Å². The van der Waals surface area contributed by atoms with Crippen LogP contribution in [0.2, 0.25) is 0 Å². The average Bonchev–Trinajstić information content (AvgIpc) is 3.33. The maximum absolute atomic E-state index is 13.2. The van der Waals surface area contributed by atoms with Crippen LogP contribution >= 0.6 is 11.3 Å². The molecule has 39 heavy (non-hydrogen) atoms. The number of hydrogen-bond acceptors (Lipinski definition) is 9. The Labute approximate surface area is 232 Å². The first-order valence-electron chi connectivity index (χ1n) is 12.9. The van der Waals surface area contributed by atoms with E-state index in [1.807, 2.05) is 37.3 Å². The summed E-state index contributed by atoms with van der Waals surface area (Å²) < 4.78 is 16.0. The molecule has 0 unspecified atom stereocenters. The molecule has 3 heterocycles. The van der Waals surface area contributed by atoms with E-state index in [1.165, 1.54) is 17.0 Å². The third-order valence-electron chi connectivity index (χ3n) is 7.08. The molecule has 1 N–H and O–H groups in total. The Morgan fingerprint density at radius 1 is 0.923 bits per heavy atom. The summed E-state index contributed by atoms with van der Waals surface area (Å²) in [6.07, 6.45) is 2.28. The second kappa shape index (κ2) is 11.8. The summed E-state index contributed by atoms with van der Waals surface area (Å²) in [7, 11) is 4.91. The smallest absolute Gasteiger partial charge is 0.261 e. The number of thiophene rings is 1. The van der Waals surface area contributed by atoms with Crippen LogP contribution in [0.25, 0.3) is 10.2 Å². The van der Waals surface area contributed by atoms with Crippen LogP contribution in [0, 0.1) is 6.92 Å². The lowest BCUT2D eigenvalue weighted by Crippen LogP contribution is -2.46. The lowest BCUT2D eigenvalue weighted by atomic mass is 10.1. The van der Waals surface area contributed by atoms with Crippen LogP contribution in [0.4, 0.5) is 11.5 Å². The molecule has 1 saturated heterocycles. The minimum atomic E-state index is -0.0914. The Morgan fingerprint density at radius 3 is 2.33 bits per heavy atom. The van der Waals surface area contributed by atoms with Gasteiger partial charge < -0.3 is 29.3 Å². The van der Waals surface area contributed by atoms with Crippen LogP contribution in [0.1, 0.15) is 20.8 Å². The van der Waals surface area contributed by atoms with Gasteiger partial charge in [-0.05, 0) is 60.9 Å². The van der Waals surface area contributed by atoms with Crippen molar-refractivity contribution in [2.24, 2.45) is 0 Å². The molecule has 4 aromatic rings. The molecule has 204 valence electrons. The molecular weight excluding hydrogens is 514 g/mol. The molecule has 9 nitrogen and oxygen atoms in total. The van der Waals surface area contributed by atoms with E-state index in [0.29, 0.717) is 29.3 Å². The predicted molar refractivity (Wildman–Crippen MR) is 155 cm³/mol. The lowest BCUT2D eigenvalue weighted by molar-refractivity contribution is 0.0957. The molecule has 0 radical (unpaired) electrons. The van der Waals surface area contributed by atoms with Crippen molar-refractivity contribution in [1.82, 2.24) is 15.3 Å². The largest absolute Gasteiger partial charge is 0.497 e. The van der Waals surface area contributed by atoms with Gasteiger partial charge in [-0.15, -0.1) is 11.3 Å². The van der Waals surface area contributed by atoms with E-state index in [9.17, 15) is 4.79 Å². The van der Waals surface area contributed by atoms with Crippen molar-refractivity contribution in [3.05, 3.63) is 64.8 Å². The summed E-state index contributed by atoms with van der Waals surface area (Å²) in [4.78, 5) is 28.5. The van der Waals surface area contributed by atoms with Crippen LogP contribution in [-0.2, 0) is 6.42 Å². The monoisotopic (exact) mass is 547 g/mol. The zero-order valence-electron chi connectivity index (χ0n) is 22.7. The van der Waals surface area contributed by atoms with E-state index in [2.05, 4.69) is 37.2 Å². The number of rotatable bonds is 9. The molecule has 1 fully saturated rings. The number of aryl methyl sites for hydroxylation is 1. The Kier molecular flexibility index (Phi) is 8.02. The Balaban J connectivity index is 1.25. The van der Waals surface area contributed by atoms with Gasteiger partial charge in [0.15, 0.2) is 11.5 Å². The van der Waals surface area contributed by atoms with Gasteiger partial charge in [0, 0.05) is 38.4 Å². The highest BCUT2D eigenvalue weighted by atomic mass is 32.1. The van der Waals surface area contributed by atoms with Crippen LogP contribution in [0.15, 0.2) is 48.8 Å². The highest BCUT2D eigenvalue weighted by Crippen LogP contribution is 2.35. The topological polar surface area (TPSA) is 89.1 Å². The summed E-state index contributed by atoms with van der Waals surface area (Å²) >= 11 is 1.42. The molecule has 1 aliphatic heterocycles. The molecule has 0 saturated carbocycles. The molecule has 0 atom stereocenters.